The summed E-state index contributed by atoms with van der Waals surface area (Å²) in [5, 5.41) is 17.7. The van der Waals surface area contributed by atoms with Crippen molar-refractivity contribution in [3.8, 4) is 6.07 Å². The van der Waals surface area contributed by atoms with Crippen LogP contribution in [0.1, 0.15) is 22.7 Å². The highest BCUT2D eigenvalue weighted by molar-refractivity contribution is 5.44. The molecule has 0 saturated carbocycles. The highest BCUT2D eigenvalue weighted by Gasteiger charge is 2.11. The number of benzene rings is 1. The predicted octanol–water partition coefficient (Wildman–Crippen LogP) is 0.859. The van der Waals surface area contributed by atoms with E-state index in [-0.39, 0.29) is 6.61 Å². The SMILES string of the molecule is Cc1cccc(C#N)c1C(N)CO. The van der Waals surface area contributed by atoms with Crippen LogP contribution in [0.3, 0.4) is 0 Å². The summed E-state index contributed by atoms with van der Waals surface area (Å²) in [5.74, 6) is 0. The number of aliphatic hydroxyl groups is 1. The second kappa shape index (κ2) is 4.04. The molecule has 0 heterocycles. The van der Waals surface area contributed by atoms with Crippen molar-refractivity contribution in [3.63, 3.8) is 0 Å². The number of aryl methyl sites for hydroxylation is 1. The van der Waals surface area contributed by atoms with Crippen molar-refractivity contribution in [1.82, 2.24) is 0 Å². The lowest BCUT2D eigenvalue weighted by molar-refractivity contribution is 0.267. The van der Waals surface area contributed by atoms with E-state index in [9.17, 15) is 0 Å². The molecule has 1 aromatic carbocycles. The molecule has 0 aliphatic rings. The van der Waals surface area contributed by atoms with Crippen LogP contribution >= 0.6 is 0 Å². The van der Waals surface area contributed by atoms with E-state index in [1.165, 1.54) is 0 Å². The summed E-state index contributed by atoms with van der Waals surface area (Å²) in [6.07, 6.45) is 0. The lowest BCUT2D eigenvalue weighted by Crippen LogP contribution is -2.17. The van der Waals surface area contributed by atoms with E-state index in [2.05, 4.69) is 6.07 Å². The van der Waals surface area contributed by atoms with Gasteiger partial charge in [-0.15, -0.1) is 0 Å². The molecule has 1 aromatic rings. The molecule has 1 rings (SSSR count). The Hall–Kier alpha value is -1.37. The summed E-state index contributed by atoms with van der Waals surface area (Å²) in [6, 6.07) is 6.99. The molecule has 1 atom stereocenters. The average Bonchev–Trinajstić information content (AvgIpc) is 2.16. The summed E-state index contributed by atoms with van der Waals surface area (Å²) < 4.78 is 0. The summed E-state index contributed by atoms with van der Waals surface area (Å²) >= 11 is 0. The third kappa shape index (κ3) is 1.86. The number of aliphatic hydroxyl groups excluding tert-OH is 1. The second-order valence-corrected chi connectivity index (χ2v) is 2.94. The molecular weight excluding hydrogens is 164 g/mol. The van der Waals surface area contributed by atoms with Gasteiger partial charge in [-0.3, -0.25) is 0 Å². The van der Waals surface area contributed by atoms with Gasteiger partial charge in [0, 0.05) is 0 Å². The third-order valence-corrected chi connectivity index (χ3v) is 2.01. The number of hydrogen-bond donors (Lipinski definition) is 2. The standard InChI is InChI=1S/C10H12N2O/c1-7-3-2-4-8(5-11)10(7)9(12)6-13/h2-4,9,13H,6,12H2,1H3. The van der Waals surface area contributed by atoms with E-state index < -0.39 is 6.04 Å². The first-order chi connectivity index (χ1) is 6.20. The van der Waals surface area contributed by atoms with Gasteiger partial charge in [0.2, 0.25) is 0 Å². The van der Waals surface area contributed by atoms with Crippen molar-refractivity contribution in [2.45, 2.75) is 13.0 Å². The van der Waals surface area contributed by atoms with E-state index in [1.54, 1.807) is 6.07 Å². The Balaban J connectivity index is 3.24. The average molecular weight is 176 g/mol. The monoisotopic (exact) mass is 176 g/mol. The molecule has 0 bridgehead atoms. The first kappa shape index (κ1) is 9.72. The van der Waals surface area contributed by atoms with Crippen molar-refractivity contribution in [2.75, 3.05) is 6.61 Å². The van der Waals surface area contributed by atoms with Gasteiger partial charge in [-0.05, 0) is 24.1 Å². The largest absolute Gasteiger partial charge is 0.394 e. The van der Waals surface area contributed by atoms with E-state index >= 15 is 0 Å². The topological polar surface area (TPSA) is 70.0 Å². The molecule has 0 fully saturated rings. The van der Waals surface area contributed by atoms with Gasteiger partial charge in [0.25, 0.3) is 0 Å². The first-order valence-electron chi connectivity index (χ1n) is 4.06. The Kier molecular flexibility index (Phi) is 3.02. The van der Waals surface area contributed by atoms with Crippen molar-refractivity contribution >= 4 is 0 Å². The van der Waals surface area contributed by atoms with Gasteiger partial charge in [0.15, 0.2) is 0 Å². The molecule has 0 aliphatic carbocycles. The fraction of sp³-hybridized carbons (Fsp3) is 0.300. The van der Waals surface area contributed by atoms with Gasteiger partial charge in [-0.1, -0.05) is 12.1 Å². The number of nitrogens with zero attached hydrogens (tertiary/aromatic N) is 1. The lowest BCUT2D eigenvalue weighted by atomic mass is 9.97. The van der Waals surface area contributed by atoms with Gasteiger partial charge in [-0.25, -0.2) is 0 Å². The maximum absolute atomic E-state index is 8.90. The van der Waals surface area contributed by atoms with Crippen LogP contribution in [0.2, 0.25) is 0 Å². The van der Waals surface area contributed by atoms with Crippen LogP contribution in [0.15, 0.2) is 18.2 Å². The molecule has 68 valence electrons. The van der Waals surface area contributed by atoms with Gasteiger partial charge in [0.1, 0.15) is 0 Å². The van der Waals surface area contributed by atoms with E-state index in [0.717, 1.165) is 11.1 Å². The van der Waals surface area contributed by atoms with E-state index in [4.69, 9.17) is 16.1 Å². The summed E-state index contributed by atoms with van der Waals surface area (Å²) in [6.45, 7) is 1.74. The number of hydrogen-bond acceptors (Lipinski definition) is 3. The molecule has 0 aliphatic heterocycles. The van der Waals surface area contributed by atoms with E-state index in [0.29, 0.717) is 5.56 Å². The van der Waals surface area contributed by atoms with Crippen LogP contribution < -0.4 is 5.73 Å². The minimum Gasteiger partial charge on any atom is -0.394 e. The third-order valence-electron chi connectivity index (χ3n) is 2.01. The molecule has 0 amide bonds. The van der Waals surface area contributed by atoms with Crippen LogP contribution in [0.4, 0.5) is 0 Å². The second-order valence-electron chi connectivity index (χ2n) is 2.94. The van der Waals surface area contributed by atoms with Crippen molar-refractivity contribution in [1.29, 1.82) is 5.26 Å². The molecule has 3 nitrogen and oxygen atoms in total. The zero-order chi connectivity index (χ0) is 9.84. The molecule has 0 spiro atoms. The fourth-order valence-corrected chi connectivity index (χ4v) is 1.36. The highest BCUT2D eigenvalue weighted by Crippen LogP contribution is 2.19. The zero-order valence-corrected chi connectivity index (χ0v) is 7.49. The molecule has 0 saturated heterocycles. The molecular formula is C10H12N2O. The molecule has 13 heavy (non-hydrogen) atoms. The minimum atomic E-state index is -0.462. The Morgan fingerprint density at radius 2 is 2.31 bits per heavy atom. The smallest absolute Gasteiger partial charge is 0.0995 e. The van der Waals surface area contributed by atoms with Crippen LogP contribution in [0, 0.1) is 18.3 Å². The van der Waals surface area contributed by atoms with Gasteiger partial charge in [-0.2, -0.15) is 5.26 Å². The quantitative estimate of drug-likeness (QED) is 0.702. The number of rotatable bonds is 2. The Morgan fingerprint density at radius 1 is 1.62 bits per heavy atom. The summed E-state index contributed by atoms with van der Waals surface area (Å²) in [4.78, 5) is 0. The lowest BCUT2D eigenvalue weighted by Gasteiger charge is -2.13. The normalized spacial score (nSPS) is 12.2. The molecule has 0 aromatic heterocycles. The Bertz CT molecular complexity index is 341. The minimum absolute atomic E-state index is 0.139. The summed E-state index contributed by atoms with van der Waals surface area (Å²) in [5.41, 5.74) is 7.90. The highest BCUT2D eigenvalue weighted by atomic mass is 16.3. The van der Waals surface area contributed by atoms with E-state index in [1.807, 2.05) is 19.1 Å². The van der Waals surface area contributed by atoms with Crippen LogP contribution in [0.5, 0.6) is 0 Å². The van der Waals surface area contributed by atoms with Crippen LogP contribution in [-0.2, 0) is 0 Å². The van der Waals surface area contributed by atoms with Gasteiger partial charge < -0.3 is 10.8 Å². The zero-order valence-electron chi connectivity index (χ0n) is 7.49. The van der Waals surface area contributed by atoms with Gasteiger partial charge >= 0.3 is 0 Å². The van der Waals surface area contributed by atoms with Crippen LogP contribution in [-0.4, -0.2) is 11.7 Å². The summed E-state index contributed by atoms with van der Waals surface area (Å²) in [7, 11) is 0. The van der Waals surface area contributed by atoms with Crippen molar-refractivity contribution in [3.05, 3.63) is 34.9 Å². The number of nitrogens with two attached hydrogens (primary N) is 1. The maximum atomic E-state index is 8.90. The first-order valence-corrected chi connectivity index (χ1v) is 4.06. The van der Waals surface area contributed by atoms with Gasteiger partial charge in [0.05, 0.1) is 24.3 Å². The molecule has 0 radical (unpaired) electrons. The van der Waals surface area contributed by atoms with Crippen molar-refractivity contribution in [2.24, 2.45) is 5.73 Å². The molecule has 3 heteroatoms. The fourth-order valence-electron chi connectivity index (χ4n) is 1.36. The van der Waals surface area contributed by atoms with Crippen molar-refractivity contribution < 1.29 is 5.11 Å². The molecule has 1 unspecified atom stereocenters. The molecule has 3 N–H and O–H groups in total. The Labute approximate surface area is 77.4 Å². The predicted molar refractivity (Wildman–Crippen MR) is 49.9 cm³/mol. The Morgan fingerprint density at radius 3 is 2.85 bits per heavy atom. The number of nitriles is 1. The van der Waals surface area contributed by atoms with Crippen LogP contribution in [0.25, 0.3) is 0 Å². The maximum Gasteiger partial charge on any atom is 0.0995 e.